The van der Waals surface area contributed by atoms with Crippen LogP contribution in [0.1, 0.15) is 63.1 Å². The van der Waals surface area contributed by atoms with E-state index in [1.807, 2.05) is 36.4 Å². The van der Waals surface area contributed by atoms with Crippen LogP contribution in [0.5, 0.6) is 11.6 Å². The number of ether oxygens (including phenoxy) is 2. The Morgan fingerprint density at radius 3 is 2.40 bits per heavy atom. The Kier molecular flexibility index (Phi) is 9.68. The van der Waals surface area contributed by atoms with Crippen molar-refractivity contribution in [3.05, 3.63) is 77.2 Å². The number of pyridine rings is 1. The number of aromatic nitrogens is 1. The maximum absolute atomic E-state index is 15.0. The van der Waals surface area contributed by atoms with Crippen molar-refractivity contribution < 1.29 is 28.2 Å². The van der Waals surface area contributed by atoms with Crippen LogP contribution < -0.4 is 9.47 Å². The molecule has 0 bridgehead atoms. The van der Waals surface area contributed by atoms with Gasteiger partial charge in [-0.25, -0.2) is 9.37 Å². The third kappa shape index (κ3) is 7.91. The second-order valence-corrected chi connectivity index (χ2v) is 12.9. The van der Waals surface area contributed by atoms with Crippen LogP contribution in [0.15, 0.2) is 54.7 Å². The molecule has 9 heteroatoms. The van der Waals surface area contributed by atoms with E-state index in [0.717, 1.165) is 35.1 Å². The van der Waals surface area contributed by atoms with Crippen molar-refractivity contribution in [1.29, 1.82) is 0 Å². The Balaban J connectivity index is 1.61. The molecule has 0 spiro atoms. The molecule has 4 rings (SSSR count). The van der Waals surface area contributed by atoms with Crippen LogP contribution in [0.3, 0.4) is 0 Å². The first-order valence-corrected chi connectivity index (χ1v) is 15.6. The monoisotopic (exact) mass is 570 g/mol. The summed E-state index contributed by atoms with van der Waals surface area (Å²) in [7, 11) is -2.62. The second-order valence-electron chi connectivity index (χ2n) is 11.2. The lowest BCUT2D eigenvalue weighted by molar-refractivity contribution is 0.166. The van der Waals surface area contributed by atoms with E-state index in [4.69, 9.17) is 9.47 Å². The van der Waals surface area contributed by atoms with E-state index in [9.17, 15) is 18.7 Å². The van der Waals surface area contributed by atoms with Gasteiger partial charge in [0.2, 0.25) is 5.88 Å². The summed E-state index contributed by atoms with van der Waals surface area (Å²) >= 11 is 0. The predicted molar refractivity (Wildman–Crippen MR) is 155 cm³/mol. The minimum atomic E-state index is -4.13. The van der Waals surface area contributed by atoms with Gasteiger partial charge in [0, 0.05) is 30.3 Å². The molecule has 1 saturated carbocycles. The first-order chi connectivity index (χ1) is 18.9. The lowest BCUT2D eigenvalue weighted by Gasteiger charge is -2.31. The van der Waals surface area contributed by atoms with Crippen molar-refractivity contribution in [1.82, 2.24) is 9.88 Å². The van der Waals surface area contributed by atoms with Crippen LogP contribution in [-0.4, -0.2) is 45.0 Å². The van der Waals surface area contributed by atoms with Crippen LogP contribution in [0, 0.1) is 11.7 Å². The Morgan fingerprint density at radius 2 is 1.77 bits per heavy atom. The van der Waals surface area contributed by atoms with E-state index < -0.39 is 13.4 Å². The third-order valence-corrected chi connectivity index (χ3v) is 8.37. The summed E-state index contributed by atoms with van der Waals surface area (Å²) in [4.78, 5) is 25.5. The topological polar surface area (TPSA) is 92.1 Å². The molecular formula is C31H40FN2O5P. The summed E-state index contributed by atoms with van der Waals surface area (Å²) < 4.78 is 38.1. The van der Waals surface area contributed by atoms with Crippen molar-refractivity contribution in [3.8, 4) is 22.8 Å². The van der Waals surface area contributed by atoms with Crippen LogP contribution in [-0.2, 0) is 17.7 Å². The zero-order valence-corrected chi connectivity index (χ0v) is 24.8. The molecule has 1 aliphatic rings. The Morgan fingerprint density at radius 1 is 1.05 bits per heavy atom. The Hall–Kier alpha value is -2.77. The number of halogens is 1. The fourth-order valence-corrected chi connectivity index (χ4v) is 6.33. The number of nitrogens with zero attached hydrogens (tertiary/aromatic N) is 2. The van der Waals surface area contributed by atoms with Gasteiger partial charge >= 0.3 is 7.60 Å². The van der Waals surface area contributed by atoms with Crippen LogP contribution in [0.4, 0.5) is 4.39 Å². The fraction of sp³-hybridized carbons (Fsp3) is 0.452. The van der Waals surface area contributed by atoms with E-state index in [2.05, 4.69) is 43.6 Å². The van der Waals surface area contributed by atoms with Gasteiger partial charge in [0.25, 0.3) is 0 Å². The standard InChI is InChI=1S/C31H40FN2O5P/c1-20(2)34(21(3)4)17-25-13-22(9-12-27(25)28-15-31(38-5)33-16-30(28)32)18-39-26-8-6-7-24(14-26)29(23-10-11-23)19-40(35,36)37/h6-9,12-16,20-21,23,29H,10-11,17-19H2,1-5H3,(H2,35,36,37). The smallest absolute Gasteiger partial charge is 0.326 e. The van der Waals surface area contributed by atoms with E-state index in [0.29, 0.717) is 48.3 Å². The lowest BCUT2D eigenvalue weighted by Crippen LogP contribution is -2.36. The summed E-state index contributed by atoms with van der Waals surface area (Å²) in [6, 6.07) is 15.7. The highest BCUT2D eigenvalue weighted by molar-refractivity contribution is 7.51. The van der Waals surface area contributed by atoms with Gasteiger partial charge in [-0.2, -0.15) is 0 Å². The molecule has 1 aliphatic carbocycles. The van der Waals surface area contributed by atoms with Gasteiger partial charge in [-0.1, -0.05) is 30.3 Å². The van der Waals surface area contributed by atoms with Crippen LogP contribution in [0.25, 0.3) is 11.1 Å². The van der Waals surface area contributed by atoms with Crippen molar-refractivity contribution in [3.63, 3.8) is 0 Å². The second kappa shape index (κ2) is 12.8. The van der Waals surface area contributed by atoms with E-state index in [1.54, 1.807) is 6.07 Å². The summed E-state index contributed by atoms with van der Waals surface area (Å²) in [5, 5.41) is 0. The molecule has 1 fully saturated rings. The lowest BCUT2D eigenvalue weighted by atomic mass is 9.96. The summed E-state index contributed by atoms with van der Waals surface area (Å²) in [5.74, 6) is 0.706. The average Bonchev–Trinajstić information content (AvgIpc) is 3.74. The highest BCUT2D eigenvalue weighted by atomic mass is 31.2. The number of rotatable bonds is 13. The van der Waals surface area contributed by atoms with Gasteiger partial charge in [-0.05, 0) is 86.8 Å². The van der Waals surface area contributed by atoms with Gasteiger partial charge < -0.3 is 19.3 Å². The van der Waals surface area contributed by atoms with Crippen molar-refractivity contribution >= 4 is 7.60 Å². The van der Waals surface area contributed by atoms with Crippen molar-refractivity contribution in [2.24, 2.45) is 5.92 Å². The largest absolute Gasteiger partial charge is 0.489 e. The molecule has 40 heavy (non-hydrogen) atoms. The molecular weight excluding hydrogens is 530 g/mol. The number of methoxy groups -OCH3 is 1. The molecule has 0 radical (unpaired) electrons. The highest BCUT2D eigenvalue weighted by Gasteiger charge is 2.36. The minimum Gasteiger partial charge on any atom is -0.489 e. The van der Waals surface area contributed by atoms with Crippen LogP contribution in [0.2, 0.25) is 0 Å². The maximum atomic E-state index is 15.0. The zero-order chi connectivity index (χ0) is 29.0. The first-order valence-electron chi connectivity index (χ1n) is 13.8. The SMILES string of the molecule is COc1cc(-c2ccc(COc3cccc(C(CP(=O)(O)O)C4CC4)c3)cc2CN(C(C)C)C(C)C)c(F)cn1. The number of hydrogen-bond acceptors (Lipinski definition) is 5. The van der Waals surface area contributed by atoms with Gasteiger partial charge in [0.05, 0.1) is 19.5 Å². The fourth-order valence-electron chi connectivity index (χ4n) is 5.31. The molecule has 2 aromatic carbocycles. The molecule has 3 aromatic rings. The van der Waals surface area contributed by atoms with Gasteiger partial charge in [-0.15, -0.1) is 0 Å². The number of benzene rings is 2. The molecule has 7 nitrogen and oxygen atoms in total. The molecule has 1 unspecified atom stereocenters. The van der Waals surface area contributed by atoms with Crippen molar-refractivity contribution in [2.45, 2.75) is 71.7 Å². The van der Waals surface area contributed by atoms with E-state index in [1.165, 1.54) is 13.3 Å². The quantitative estimate of drug-likeness (QED) is 0.219. The minimum absolute atomic E-state index is 0.148. The van der Waals surface area contributed by atoms with Gasteiger partial charge in [-0.3, -0.25) is 9.46 Å². The summed E-state index contributed by atoms with van der Waals surface area (Å²) in [6.45, 7) is 9.53. The van der Waals surface area contributed by atoms with Crippen molar-refractivity contribution in [2.75, 3.05) is 13.3 Å². The number of hydrogen-bond donors (Lipinski definition) is 2. The third-order valence-electron chi connectivity index (χ3n) is 7.50. The summed E-state index contributed by atoms with van der Waals surface area (Å²) in [6.07, 6.45) is 3.01. The molecule has 1 atom stereocenters. The molecule has 0 amide bonds. The molecule has 0 aliphatic heterocycles. The van der Waals surface area contributed by atoms with E-state index in [-0.39, 0.29) is 12.1 Å². The summed E-state index contributed by atoms with van der Waals surface area (Å²) in [5.41, 5.74) is 4.02. The molecule has 216 valence electrons. The highest BCUT2D eigenvalue weighted by Crippen LogP contribution is 2.50. The molecule has 1 aromatic heterocycles. The average molecular weight is 571 g/mol. The maximum Gasteiger partial charge on any atom is 0.326 e. The Labute approximate surface area is 236 Å². The zero-order valence-electron chi connectivity index (χ0n) is 23.9. The Bertz CT molecular complexity index is 1350. The molecule has 1 heterocycles. The first kappa shape index (κ1) is 30.2. The van der Waals surface area contributed by atoms with E-state index >= 15 is 0 Å². The van der Waals surface area contributed by atoms with Gasteiger partial charge in [0.15, 0.2) is 0 Å². The molecule has 0 saturated heterocycles. The van der Waals surface area contributed by atoms with Crippen LogP contribution >= 0.6 is 7.60 Å². The van der Waals surface area contributed by atoms with Gasteiger partial charge in [0.1, 0.15) is 18.2 Å². The normalized spacial score (nSPS) is 14.7. The predicted octanol–water partition coefficient (Wildman–Crippen LogP) is 6.77. The molecule has 2 N–H and O–H groups in total.